The molecule has 2 aromatic carbocycles. The zero-order chi connectivity index (χ0) is 13.5. The average Bonchev–Trinajstić information content (AvgIpc) is 2.46. The molecule has 0 aliphatic rings. The van der Waals surface area contributed by atoms with E-state index >= 15 is 0 Å². The maximum Gasteiger partial charge on any atom is 0.119 e. The minimum absolute atomic E-state index is 0.0140. The van der Waals surface area contributed by atoms with Gasteiger partial charge in [-0.1, -0.05) is 48.0 Å². The van der Waals surface area contributed by atoms with E-state index in [9.17, 15) is 0 Å². The van der Waals surface area contributed by atoms with Crippen LogP contribution in [-0.2, 0) is 6.42 Å². The molecule has 1 unspecified atom stereocenters. The summed E-state index contributed by atoms with van der Waals surface area (Å²) in [5.74, 6) is 6.40. The Morgan fingerprint density at radius 1 is 1.05 bits per heavy atom. The number of halogens is 1. The van der Waals surface area contributed by atoms with E-state index in [4.69, 9.17) is 22.2 Å². The predicted molar refractivity (Wildman–Crippen MR) is 78.2 cm³/mol. The number of hydrogen-bond acceptors (Lipinski definition) is 3. The molecule has 3 N–H and O–H groups in total. The SMILES string of the molecule is NNC(COc1ccccc1)Cc1ccccc1Cl. The molecule has 4 heteroatoms. The van der Waals surface area contributed by atoms with E-state index in [1.807, 2.05) is 54.6 Å². The van der Waals surface area contributed by atoms with Gasteiger partial charge < -0.3 is 4.74 Å². The summed E-state index contributed by atoms with van der Waals surface area (Å²) >= 11 is 6.13. The van der Waals surface area contributed by atoms with Gasteiger partial charge in [0.1, 0.15) is 12.4 Å². The third kappa shape index (κ3) is 4.24. The fourth-order valence-corrected chi connectivity index (χ4v) is 2.02. The monoisotopic (exact) mass is 276 g/mol. The van der Waals surface area contributed by atoms with Gasteiger partial charge in [-0.25, -0.2) is 0 Å². The first-order valence-corrected chi connectivity index (χ1v) is 6.55. The highest BCUT2D eigenvalue weighted by Crippen LogP contribution is 2.17. The molecule has 0 spiro atoms. The maximum atomic E-state index is 6.13. The Hall–Kier alpha value is -1.55. The first-order valence-electron chi connectivity index (χ1n) is 6.17. The summed E-state index contributed by atoms with van der Waals surface area (Å²) in [5.41, 5.74) is 3.82. The van der Waals surface area contributed by atoms with Crippen LogP contribution in [0.15, 0.2) is 54.6 Å². The molecule has 0 fully saturated rings. The molecule has 0 aliphatic carbocycles. The van der Waals surface area contributed by atoms with Crippen molar-refractivity contribution in [1.29, 1.82) is 0 Å². The fraction of sp³-hybridized carbons (Fsp3) is 0.200. The van der Waals surface area contributed by atoms with Crippen LogP contribution in [0.3, 0.4) is 0 Å². The first-order chi connectivity index (χ1) is 9.29. The van der Waals surface area contributed by atoms with E-state index in [1.54, 1.807) is 0 Å². The van der Waals surface area contributed by atoms with Gasteiger partial charge in [0.05, 0.1) is 6.04 Å². The Kier molecular flexibility index (Phi) is 5.21. The van der Waals surface area contributed by atoms with Crippen LogP contribution in [-0.4, -0.2) is 12.6 Å². The number of para-hydroxylation sites is 1. The Labute approximate surface area is 118 Å². The van der Waals surface area contributed by atoms with Crippen LogP contribution < -0.4 is 16.0 Å². The van der Waals surface area contributed by atoms with Crippen LogP contribution >= 0.6 is 11.6 Å². The van der Waals surface area contributed by atoms with E-state index < -0.39 is 0 Å². The van der Waals surface area contributed by atoms with Gasteiger partial charge in [-0.15, -0.1) is 0 Å². The lowest BCUT2D eigenvalue weighted by Gasteiger charge is -2.17. The van der Waals surface area contributed by atoms with Crippen LogP contribution in [0.4, 0.5) is 0 Å². The number of benzene rings is 2. The average molecular weight is 277 g/mol. The lowest BCUT2D eigenvalue weighted by Crippen LogP contribution is -2.41. The van der Waals surface area contributed by atoms with Crippen molar-refractivity contribution in [2.75, 3.05) is 6.61 Å². The van der Waals surface area contributed by atoms with Gasteiger partial charge in [0.15, 0.2) is 0 Å². The molecule has 0 saturated carbocycles. The van der Waals surface area contributed by atoms with Gasteiger partial charge in [-0.2, -0.15) is 0 Å². The molecule has 0 saturated heterocycles. The summed E-state index contributed by atoms with van der Waals surface area (Å²) in [4.78, 5) is 0. The van der Waals surface area contributed by atoms with Crippen LogP contribution in [0.25, 0.3) is 0 Å². The van der Waals surface area contributed by atoms with Crippen LogP contribution in [0, 0.1) is 0 Å². The van der Waals surface area contributed by atoms with Crippen LogP contribution in [0.2, 0.25) is 5.02 Å². The summed E-state index contributed by atoms with van der Waals surface area (Å²) in [5, 5.41) is 0.752. The topological polar surface area (TPSA) is 47.3 Å². The van der Waals surface area contributed by atoms with Gasteiger partial charge in [0.2, 0.25) is 0 Å². The van der Waals surface area contributed by atoms with E-state index in [0.29, 0.717) is 6.61 Å². The van der Waals surface area contributed by atoms with Gasteiger partial charge in [0.25, 0.3) is 0 Å². The lowest BCUT2D eigenvalue weighted by atomic mass is 10.1. The minimum Gasteiger partial charge on any atom is -0.492 e. The molecule has 19 heavy (non-hydrogen) atoms. The molecule has 0 radical (unpaired) electrons. The number of ether oxygens (including phenoxy) is 1. The summed E-state index contributed by atoms with van der Waals surface area (Å²) in [6, 6.07) is 17.4. The first kappa shape index (κ1) is 13.9. The summed E-state index contributed by atoms with van der Waals surface area (Å²) < 4.78 is 5.69. The maximum absolute atomic E-state index is 6.13. The molecule has 3 nitrogen and oxygen atoms in total. The molecule has 1 atom stereocenters. The molecule has 0 bridgehead atoms. The van der Waals surface area contributed by atoms with Gasteiger partial charge in [-0.3, -0.25) is 11.3 Å². The number of nitrogens with two attached hydrogens (primary N) is 1. The third-order valence-corrected chi connectivity index (χ3v) is 3.22. The van der Waals surface area contributed by atoms with Gasteiger partial charge >= 0.3 is 0 Å². The van der Waals surface area contributed by atoms with Crippen molar-refractivity contribution in [2.45, 2.75) is 12.5 Å². The largest absolute Gasteiger partial charge is 0.492 e. The highest BCUT2D eigenvalue weighted by Gasteiger charge is 2.10. The number of rotatable bonds is 6. The molecule has 0 aliphatic heterocycles. The Balaban J connectivity index is 1.92. The van der Waals surface area contributed by atoms with Crippen molar-refractivity contribution >= 4 is 11.6 Å². The number of nitrogens with one attached hydrogen (secondary N) is 1. The van der Waals surface area contributed by atoms with Gasteiger partial charge in [0, 0.05) is 5.02 Å². The van der Waals surface area contributed by atoms with E-state index in [1.165, 1.54) is 0 Å². The van der Waals surface area contributed by atoms with Crippen molar-refractivity contribution < 1.29 is 4.74 Å². The highest BCUT2D eigenvalue weighted by atomic mass is 35.5. The summed E-state index contributed by atoms with van der Waals surface area (Å²) in [6.07, 6.45) is 0.725. The second-order valence-electron chi connectivity index (χ2n) is 4.28. The predicted octanol–water partition coefficient (Wildman–Crippen LogP) is 2.79. The number of hydrogen-bond donors (Lipinski definition) is 2. The van der Waals surface area contributed by atoms with Crippen molar-refractivity contribution in [1.82, 2.24) is 5.43 Å². The molecule has 0 amide bonds. The van der Waals surface area contributed by atoms with Crippen molar-refractivity contribution in [3.8, 4) is 5.75 Å². The summed E-state index contributed by atoms with van der Waals surface area (Å²) in [7, 11) is 0. The number of hydrazine groups is 1. The van der Waals surface area contributed by atoms with Crippen molar-refractivity contribution in [2.24, 2.45) is 5.84 Å². The second kappa shape index (κ2) is 7.14. The Morgan fingerprint density at radius 2 is 1.74 bits per heavy atom. The van der Waals surface area contributed by atoms with Crippen molar-refractivity contribution in [3.05, 3.63) is 65.2 Å². The Bertz CT molecular complexity index is 505. The normalized spacial score (nSPS) is 12.1. The molecule has 0 aromatic heterocycles. The lowest BCUT2D eigenvalue weighted by molar-refractivity contribution is 0.264. The fourth-order valence-electron chi connectivity index (χ4n) is 1.81. The molecule has 0 heterocycles. The smallest absolute Gasteiger partial charge is 0.119 e. The molecule has 2 rings (SSSR count). The zero-order valence-corrected chi connectivity index (χ0v) is 11.3. The van der Waals surface area contributed by atoms with Crippen LogP contribution in [0.1, 0.15) is 5.56 Å². The quantitative estimate of drug-likeness (QED) is 0.630. The highest BCUT2D eigenvalue weighted by molar-refractivity contribution is 6.31. The standard InChI is InChI=1S/C15H17ClN2O/c16-15-9-5-4-6-12(15)10-13(18-17)11-19-14-7-2-1-3-8-14/h1-9,13,18H,10-11,17H2. The van der Waals surface area contributed by atoms with E-state index in [0.717, 1.165) is 22.8 Å². The molecule has 2 aromatic rings. The zero-order valence-electron chi connectivity index (χ0n) is 10.6. The van der Waals surface area contributed by atoms with Gasteiger partial charge in [-0.05, 0) is 30.2 Å². The van der Waals surface area contributed by atoms with Crippen LogP contribution in [0.5, 0.6) is 5.75 Å². The van der Waals surface area contributed by atoms with E-state index in [-0.39, 0.29) is 6.04 Å². The molecule has 100 valence electrons. The summed E-state index contributed by atoms with van der Waals surface area (Å²) in [6.45, 7) is 0.492. The minimum atomic E-state index is 0.0140. The Morgan fingerprint density at radius 3 is 2.42 bits per heavy atom. The third-order valence-electron chi connectivity index (χ3n) is 2.85. The molecular weight excluding hydrogens is 260 g/mol. The van der Waals surface area contributed by atoms with Crippen molar-refractivity contribution in [3.63, 3.8) is 0 Å². The second-order valence-corrected chi connectivity index (χ2v) is 4.69. The van der Waals surface area contributed by atoms with E-state index in [2.05, 4.69) is 5.43 Å². The molecular formula is C15H17ClN2O.